The van der Waals surface area contributed by atoms with E-state index in [1.807, 2.05) is 0 Å². The van der Waals surface area contributed by atoms with E-state index in [0.717, 1.165) is 19.6 Å². The Balaban J connectivity index is 1.80. The first-order valence-corrected chi connectivity index (χ1v) is 12.1. The Bertz CT molecular complexity index is 1280. The summed E-state index contributed by atoms with van der Waals surface area (Å²) in [4.78, 5) is 83.0. The van der Waals surface area contributed by atoms with Gasteiger partial charge in [0.05, 0.1) is 11.6 Å². The van der Waals surface area contributed by atoms with E-state index in [9.17, 15) is 28.8 Å². The van der Waals surface area contributed by atoms with E-state index >= 15 is 0 Å². The van der Waals surface area contributed by atoms with Crippen molar-refractivity contribution < 1.29 is 43.0 Å². The number of hydrogen-bond acceptors (Lipinski definition) is 9. The summed E-state index contributed by atoms with van der Waals surface area (Å²) >= 11 is 3.52. The minimum absolute atomic E-state index is 0.0864. The van der Waals surface area contributed by atoms with Crippen LogP contribution in [0.25, 0.3) is 0 Å². The summed E-state index contributed by atoms with van der Waals surface area (Å²) in [7, 11) is 6.34. The van der Waals surface area contributed by atoms with E-state index < -0.39 is 52.9 Å². The lowest BCUT2D eigenvalue weighted by Gasteiger charge is -2.51. The SMILES string of the molecule is COc1c2c(c(Br)c3c1OCO3)CC(C1C(=O)N(C)C(=O)N(C)C1=O)C1(C2)C(=O)N(C)C(=O)N(C)C1=O. The molecule has 3 aliphatic heterocycles. The van der Waals surface area contributed by atoms with E-state index in [1.54, 1.807) is 0 Å². The molecule has 0 aromatic heterocycles. The average molecular weight is 579 g/mol. The summed E-state index contributed by atoms with van der Waals surface area (Å²) in [6, 6.07) is -1.66. The fourth-order valence-corrected chi connectivity index (χ4v) is 6.51. The Morgan fingerprint density at radius 3 is 1.86 bits per heavy atom. The standard InChI is InChI=1S/C23H23BrN4O9/c1-25-17(29)12(18(30)26(2)21(25)33)11-6-9-10(14(35-5)16-15(13(9)24)36-8-37-16)7-23(11)19(31)27(3)22(34)28(4)20(23)32/h11-12H,6-8H2,1-5H3. The minimum Gasteiger partial charge on any atom is -0.492 e. The van der Waals surface area contributed by atoms with Gasteiger partial charge in [-0.2, -0.15) is 0 Å². The van der Waals surface area contributed by atoms with Gasteiger partial charge in [-0.25, -0.2) is 9.59 Å². The van der Waals surface area contributed by atoms with Crippen LogP contribution >= 0.6 is 15.9 Å². The Labute approximate surface area is 219 Å². The molecule has 4 aliphatic rings. The fourth-order valence-electron chi connectivity index (χ4n) is 5.81. The number of barbiturate groups is 2. The molecule has 196 valence electrons. The van der Waals surface area contributed by atoms with Crippen molar-refractivity contribution in [3.63, 3.8) is 0 Å². The second-order valence-electron chi connectivity index (χ2n) is 9.39. The maximum atomic E-state index is 13.9. The molecule has 0 saturated carbocycles. The quantitative estimate of drug-likeness (QED) is 0.461. The first kappa shape index (κ1) is 25.0. The van der Waals surface area contributed by atoms with Gasteiger partial charge in [0.25, 0.3) is 0 Å². The molecule has 1 spiro atoms. The Kier molecular flexibility index (Phi) is 5.51. The van der Waals surface area contributed by atoms with E-state index in [2.05, 4.69) is 15.9 Å². The zero-order valence-electron chi connectivity index (χ0n) is 20.6. The number of fused-ring (bicyclic) bond motifs is 2. The number of nitrogens with zero attached hydrogens (tertiary/aromatic N) is 4. The van der Waals surface area contributed by atoms with Crippen LogP contribution in [0.5, 0.6) is 17.2 Å². The largest absolute Gasteiger partial charge is 0.492 e. The van der Waals surface area contributed by atoms with Crippen molar-refractivity contribution in [1.29, 1.82) is 0 Å². The molecule has 2 fully saturated rings. The van der Waals surface area contributed by atoms with E-state index in [4.69, 9.17) is 14.2 Å². The van der Waals surface area contributed by atoms with E-state index in [1.165, 1.54) is 35.3 Å². The van der Waals surface area contributed by atoms with Gasteiger partial charge < -0.3 is 14.2 Å². The van der Waals surface area contributed by atoms with Gasteiger partial charge in [0.2, 0.25) is 36.2 Å². The lowest BCUT2D eigenvalue weighted by atomic mass is 9.57. The van der Waals surface area contributed by atoms with Gasteiger partial charge in [0.15, 0.2) is 11.5 Å². The Hall–Kier alpha value is -3.68. The number of rotatable bonds is 2. The highest BCUT2D eigenvalue weighted by molar-refractivity contribution is 9.10. The van der Waals surface area contributed by atoms with E-state index in [-0.39, 0.29) is 31.1 Å². The topological polar surface area (TPSA) is 143 Å². The highest BCUT2D eigenvalue weighted by Gasteiger charge is 2.66. The third-order valence-corrected chi connectivity index (χ3v) is 8.59. The smallest absolute Gasteiger partial charge is 0.332 e. The molecule has 5 rings (SSSR count). The molecule has 8 amide bonds. The summed E-state index contributed by atoms with van der Waals surface area (Å²) in [6.07, 6.45) is -0.405. The minimum atomic E-state index is -2.02. The number of urea groups is 2. The summed E-state index contributed by atoms with van der Waals surface area (Å²) in [5.41, 5.74) is -1.02. The summed E-state index contributed by atoms with van der Waals surface area (Å²) in [6.45, 7) is -0.0864. The molecule has 1 aromatic rings. The number of benzene rings is 1. The monoisotopic (exact) mass is 578 g/mol. The summed E-state index contributed by atoms with van der Waals surface area (Å²) in [5, 5.41) is 0. The predicted octanol–water partition coefficient (Wildman–Crippen LogP) is 0.605. The van der Waals surface area contributed by atoms with Crippen LogP contribution in [-0.4, -0.2) is 97.4 Å². The summed E-state index contributed by atoms with van der Waals surface area (Å²) in [5.74, 6) is -5.29. The van der Waals surface area contributed by atoms with Crippen LogP contribution in [0.4, 0.5) is 9.59 Å². The van der Waals surface area contributed by atoms with Crippen molar-refractivity contribution in [3.8, 4) is 17.2 Å². The van der Waals surface area contributed by atoms with Gasteiger partial charge in [-0.15, -0.1) is 0 Å². The first-order chi connectivity index (χ1) is 17.4. The van der Waals surface area contributed by atoms with Gasteiger partial charge in [0, 0.05) is 46.1 Å². The maximum Gasteiger partial charge on any atom is 0.332 e. The molecule has 13 nitrogen and oxygen atoms in total. The summed E-state index contributed by atoms with van der Waals surface area (Å²) < 4.78 is 17.3. The van der Waals surface area contributed by atoms with Crippen LogP contribution in [0.3, 0.4) is 0 Å². The number of carbonyl (C=O) groups excluding carboxylic acids is 6. The van der Waals surface area contributed by atoms with Crippen molar-refractivity contribution in [2.45, 2.75) is 12.8 Å². The van der Waals surface area contributed by atoms with Crippen LogP contribution in [0.2, 0.25) is 0 Å². The highest BCUT2D eigenvalue weighted by atomic mass is 79.9. The van der Waals surface area contributed by atoms with Crippen LogP contribution < -0.4 is 14.2 Å². The van der Waals surface area contributed by atoms with Crippen molar-refractivity contribution in [2.75, 3.05) is 42.1 Å². The van der Waals surface area contributed by atoms with Gasteiger partial charge in [-0.1, -0.05) is 0 Å². The van der Waals surface area contributed by atoms with Gasteiger partial charge in [0.1, 0.15) is 11.3 Å². The second-order valence-corrected chi connectivity index (χ2v) is 10.2. The molecule has 2 saturated heterocycles. The predicted molar refractivity (Wildman–Crippen MR) is 126 cm³/mol. The molecule has 1 unspecified atom stereocenters. The lowest BCUT2D eigenvalue weighted by Crippen LogP contribution is -2.70. The Morgan fingerprint density at radius 2 is 1.32 bits per heavy atom. The lowest BCUT2D eigenvalue weighted by molar-refractivity contribution is -0.168. The molecule has 1 aromatic carbocycles. The molecular formula is C23H23BrN4O9. The molecule has 0 radical (unpaired) electrons. The number of amides is 8. The van der Waals surface area contributed by atoms with Crippen LogP contribution in [-0.2, 0) is 32.0 Å². The molecule has 37 heavy (non-hydrogen) atoms. The third-order valence-electron chi connectivity index (χ3n) is 7.75. The Morgan fingerprint density at radius 1 is 0.811 bits per heavy atom. The molecular weight excluding hydrogens is 556 g/mol. The van der Waals surface area contributed by atoms with Crippen molar-refractivity contribution >= 4 is 51.6 Å². The molecule has 14 heteroatoms. The van der Waals surface area contributed by atoms with Crippen molar-refractivity contribution in [2.24, 2.45) is 17.3 Å². The third kappa shape index (κ3) is 3.01. The average Bonchev–Trinajstić information content (AvgIpc) is 3.38. The second kappa shape index (κ2) is 8.16. The van der Waals surface area contributed by atoms with Crippen LogP contribution in [0, 0.1) is 17.3 Å². The maximum absolute atomic E-state index is 13.9. The van der Waals surface area contributed by atoms with Gasteiger partial charge >= 0.3 is 12.1 Å². The zero-order chi connectivity index (χ0) is 27.1. The number of carbonyl (C=O) groups is 6. The molecule has 1 atom stereocenters. The number of halogens is 1. The first-order valence-electron chi connectivity index (χ1n) is 11.3. The molecule has 0 N–H and O–H groups in total. The normalized spacial score (nSPS) is 23.5. The number of methoxy groups -OCH3 is 1. The van der Waals surface area contributed by atoms with Crippen LogP contribution in [0.15, 0.2) is 4.47 Å². The number of hydrogen-bond donors (Lipinski definition) is 0. The highest BCUT2D eigenvalue weighted by Crippen LogP contribution is 2.58. The zero-order valence-corrected chi connectivity index (χ0v) is 22.2. The molecule has 3 heterocycles. The van der Waals surface area contributed by atoms with Crippen molar-refractivity contribution in [1.82, 2.24) is 19.6 Å². The molecule has 0 bridgehead atoms. The molecule has 1 aliphatic carbocycles. The van der Waals surface area contributed by atoms with Crippen molar-refractivity contribution in [3.05, 3.63) is 15.6 Å². The number of ether oxygens (including phenoxy) is 3. The number of imide groups is 4. The van der Waals surface area contributed by atoms with Crippen LogP contribution in [0.1, 0.15) is 11.1 Å². The van der Waals surface area contributed by atoms with Gasteiger partial charge in [-0.3, -0.25) is 38.8 Å². The van der Waals surface area contributed by atoms with E-state index in [0.29, 0.717) is 21.3 Å². The fraction of sp³-hybridized carbons (Fsp3) is 0.478. The van der Waals surface area contributed by atoms with Gasteiger partial charge in [-0.05, 0) is 27.9 Å².